The summed E-state index contributed by atoms with van der Waals surface area (Å²) in [5, 5.41) is 3.15. The first-order valence-corrected chi connectivity index (χ1v) is 9.26. The van der Waals surface area contributed by atoms with Gasteiger partial charge < -0.3 is 9.73 Å². The molecule has 1 aromatic heterocycles. The zero-order valence-electron chi connectivity index (χ0n) is 13.2. The third kappa shape index (κ3) is 3.49. The van der Waals surface area contributed by atoms with E-state index in [4.69, 9.17) is 4.42 Å². The van der Waals surface area contributed by atoms with Gasteiger partial charge in [-0.1, -0.05) is 20.3 Å². The molecule has 1 aromatic rings. The summed E-state index contributed by atoms with van der Waals surface area (Å²) in [6.45, 7) is 7.79. The lowest BCUT2D eigenvalue weighted by Crippen LogP contribution is -2.43. The predicted molar refractivity (Wildman–Crippen MR) is 82.6 cm³/mol. The Hall–Kier alpha value is -0.850. The van der Waals surface area contributed by atoms with Gasteiger partial charge in [0.05, 0.1) is 6.54 Å². The fourth-order valence-electron chi connectivity index (χ4n) is 2.94. The highest BCUT2D eigenvalue weighted by molar-refractivity contribution is 7.89. The number of nitrogens with one attached hydrogen (secondary N) is 1. The molecule has 6 heteroatoms. The van der Waals surface area contributed by atoms with Crippen molar-refractivity contribution in [3.8, 4) is 0 Å². The molecular weight excluding hydrogens is 288 g/mol. The lowest BCUT2D eigenvalue weighted by molar-refractivity contribution is 0.246. The van der Waals surface area contributed by atoms with Crippen LogP contribution in [0, 0.1) is 6.92 Å². The highest BCUT2D eigenvalue weighted by atomic mass is 32.2. The zero-order valence-corrected chi connectivity index (χ0v) is 14.0. The van der Waals surface area contributed by atoms with Crippen LogP contribution in [-0.4, -0.2) is 31.9 Å². The first-order valence-electron chi connectivity index (χ1n) is 7.82. The molecule has 1 saturated heterocycles. The van der Waals surface area contributed by atoms with Crippen LogP contribution in [0.1, 0.15) is 51.1 Å². The number of hydrogen-bond donors (Lipinski definition) is 1. The van der Waals surface area contributed by atoms with Crippen molar-refractivity contribution in [2.24, 2.45) is 0 Å². The van der Waals surface area contributed by atoms with E-state index >= 15 is 0 Å². The summed E-state index contributed by atoms with van der Waals surface area (Å²) >= 11 is 0. The van der Waals surface area contributed by atoms with Gasteiger partial charge in [0.15, 0.2) is 0 Å². The second-order valence-electron chi connectivity index (χ2n) is 5.59. The Morgan fingerprint density at radius 2 is 2.14 bits per heavy atom. The molecule has 0 amide bonds. The minimum atomic E-state index is -3.45. The van der Waals surface area contributed by atoms with Crippen LogP contribution in [0.3, 0.4) is 0 Å². The highest BCUT2D eigenvalue weighted by Crippen LogP contribution is 2.30. The number of rotatable bonds is 6. The number of sulfonamides is 1. The third-order valence-corrected chi connectivity index (χ3v) is 6.16. The average Bonchev–Trinajstić information content (AvgIpc) is 2.86. The standard InChI is InChI=1S/C15H26N2O3S/c1-4-13-8-6-7-9-17(13)21(18,19)15-10-14(11-16-5-2)20-12(15)3/h10,13,16H,4-9,11H2,1-3H3. The molecular formula is C15H26N2O3S. The van der Waals surface area contributed by atoms with Gasteiger partial charge in [-0.2, -0.15) is 4.31 Å². The number of aryl methyl sites for hydroxylation is 1. The molecule has 2 heterocycles. The van der Waals surface area contributed by atoms with E-state index in [0.29, 0.717) is 29.5 Å². The lowest BCUT2D eigenvalue weighted by Gasteiger charge is -2.33. The summed E-state index contributed by atoms with van der Waals surface area (Å²) in [5.74, 6) is 1.17. The molecule has 1 fully saturated rings. The molecule has 0 spiro atoms. The van der Waals surface area contributed by atoms with E-state index in [0.717, 1.165) is 32.2 Å². The first kappa shape index (κ1) is 16.5. The van der Waals surface area contributed by atoms with Gasteiger partial charge >= 0.3 is 0 Å². The predicted octanol–water partition coefficient (Wildman–Crippen LogP) is 2.65. The van der Waals surface area contributed by atoms with Crippen LogP contribution in [0.2, 0.25) is 0 Å². The van der Waals surface area contributed by atoms with E-state index in [2.05, 4.69) is 12.2 Å². The van der Waals surface area contributed by atoms with Crippen molar-refractivity contribution < 1.29 is 12.8 Å². The van der Waals surface area contributed by atoms with Gasteiger partial charge in [-0.3, -0.25) is 0 Å². The molecule has 1 aliphatic heterocycles. The monoisotopic (exact) mass is 314 g/mol. The molecule has 0 aromatic carbocycles. The third-order valence-electron chi connectivity index (χ3n) is 4.10. The maximum absolute atomic E-state index is 12.9. The Morgan fingerprint density at radius 1 is 1.38 bits per heavy atom. The van der Waals surface area contributed by atoms with Crippen molar-refractivity contribution in [2.75, 3.05) is 13.1 Å². The normalized spacial score (nSPS) is 20.8. The summed E-state index contributed by atoms with van der Waals surface area (Å²) in [5.41, 5.74) is 0. The summed E-state index contributed by atoms with van der Waals surface area (Å²) in [7, 11) is -3.45. The molecule has 21 heavy (non-hydrogen) atoms. The van der Waals surface area contributed by atoms with Crippen molar-refractivity contribution in [1.29, 1.82) is 0 Å². The Morgan fingerprint density at radius 3 is 2.81 bits per heavy atom. The largest absolute Gasteiger partial charge is 0.464 e. The first-order chi connectivity index (χ1) is 10.0. The van der Waals surface area contributed by atoms with E-state index in [1.807, 2.05) is 6.92 Å². The van der Waals surface area contributed by atoms with Crippen molar-refractivity contribution in [1.82, 2.24) is 9.62 Å². The van der Waals surface area contributed by atoms with Gasteiger partial charge in [0.2, 0.25) is 10.0 Å². The maximum atomic E-state index is 12.9. The van der Waals surface area contributed by atoms with Crippen LogP contribution < -0.4 is 5.32 Å². The lowest BCUT2D eigenvalue weighted by atomic mass is 10.0. The number of piperidine rings is 1. The number of hydrogen-bond acceptors (Lipinski definition) is 4. The van der Waals surface area contributed by atoms with E-state index in [9.17, 15) is 8.42 Å². The van der Waals surface area contributed by atoms with Crippen LogP contribution in [0.4, 0.5) is 0 Å². The summed E-state index contributed by atoms with van der Waals surface area (Å²) < 4.78 is 33.1. The van der Waals surface area contributed by atoms with E-state index in [1.54, 1.807) is 17.3 Å². The Kier molecular flexibility index (Phi) is 5.46. The fourth-order valence-corrected chi connectivity index (χ4v) is 4.89. The van der Waals surface area contributed by atoms with E-state index < -0.39 is 10.0 Å². The summed E-state index contributed by atoms with van der Waals surface area (Å²) in [6, 6.07) is 1.80. The molecule has 2 rings (SSSR count). The van der Waals surface area contributed by atoms with Crippen LogP contribution in [0.15, 0.2) is 15.4 Å². The second-order valence-corrected chi connectivity index (χ2v) is 7.45. The SMILES string of the molecule is CCNCc1cc(S(=O)(=O)N2CCCCC2CC)c(C)o1. The molecule has 5 nitrogen and oxygen atoms in total. The molecule has 120 valence electrons. The van der Waals surface area contributed by atoms with Crippen LogP contribution >= 0.6 is 0 Å². The quantitative estimate of drug-likeness (QED) is 0.877. The molecule has 1 atom stereocenters. The summed E-state index contributed by atoms with van der Waals surface area (Å²) in [6.07, 6.45) is 3.87. The van der Waals surface area contributed by atoms with Gasteiger partial charge in [-0.25, -0.2) is 8.42 Å². The molecule has 0 aliphatic carbocycles. The molecule has 1 unspecified atom stereocenters. The van der Waals surface area contributed by atoms with Crippen LogP contribution in [0.5, 0.6) is 0 Å². The van der Waals surface area contributed by atoms with E-state index in [-0.39, 0.29) is 6.04 Å². The maximum Gasteiger partial charge on any atom is 0.246 e. The Balaban J connectivity index is 2.28. The van der Waals surface area contributed by atoms with Crippen LogP contribution in [0.25, 0.3) is 0 Å². The zero-order chi connectivity index (χ0) is 15.5. The number of furan rings is 1. The van der Waals surface area contributed by atoms with Crippen LogP contribution in [-0.2, 0) is 16.6 Å². The van der Waals surface area contributed by atoms with Crippen molar-refractivity contribution >= 4 is 10.0 Å². The van der Waals surface area contributed by atoms with Gasteiger partial charge in [0.25, 0.3) is 0 Å². The summed E-state index contributed by atoms with van der Waals surface area (Å²) in [4.78, 5) is 0.329. The van der Waals surface area contributed by atoms with Gasteiger partial charge in [-0.15, -0.1) is 0 Å². The fraction of sp³-hybridized carbons (Fsp3) is 0.733. The topological polar surface area (TPSA) is 62.6 Å². The molecule has 0 radical (unpaired) electrons. The molecule has 1 N–H and O–H groups in total. The van der Waals surface area contributed by atoms with Crippen molar-refractivity contribution in [2.45, 2.75) is 63.9 Å². The van der Waals surface area contributed by atoms with Gasteiger partial charge in [-0.05, 0) is 32.7 Å². The van der Waals surface area contributed by atoms with Gasteiger partial charge in [0.1, 0.15) is 16.4 Å². The smallest absolute Gasteiger partial charge is 0.246 e. The Bertz CT molecular complexity index is 565. The second kappa shape index (κ2) is 6.94. The highest BCUT2D eigenvalue weighted by Gasteiger charge is 2.34. The van der Waals surface area contributed by atoms with Crippen molar-refractivity contribution in [3.63, 3.8) is 0 Å². The molecule has 1 aliphatic rings. The average molecular weight is 314 g/mol. The molecule has 0 saturated carbocycles. The van der Waals surface area contributed by atoms with Gasteiger partial charge in [0, 0.05) is 18.7 Å². The minimum Gasteiger partial charge on any atom is -0.464 e. The molecule has 0 bridgehead atoms. The number of nitrogens with zero attached hydrogens (tertiary/aromatic N) is 1. The minimum absolute atomic E-state index is 0.121. The van der Waals surface area contributed by atoms with E-state index in [1.165, 1.54) is 0 Å². The Labute approximate surface area is 127 Å². The van der Waals surface area contributed by atoms with Crippen molar-refractivity contribution in [3.05, 3.63) is 17.6 Å².